The van der Waals surface area contributed by atoms with Gasteiger partial charge in [-0.1, -0.05) is 23.9 Å². The van der Waals surface area contributed by atoms with Crippen LogP contribution >= 0.6 is 11.8 Å². The van der Waals surface area contributed by atoms with E-state index >= 15 is 0 Å². The minimum absolute atomic E-state index is 0.0358. The van der Waals surface area contributed by atoms with E-state index in [9.17, 15) is 14.0 Å². The number of carbonyl (C=O) groups excluding carboxylic acids is 2. The molecule has 1 aliphatic heterocycles. The topological polar surface area (TPSA) is 85.5 Å². The van der Waals surface area contributed by atoms with Gasteiger partial charge in [-0.3, -0.25) is 4.79 Å². The van der Waals surface area contributed by atoms with Crippen LogP contribution in [0.25, 0.3) is 11.5 Å². The number of ether oxygens (including phenoxy) is 1. The van der Waals surface area contributed by atoms with Crippen molar-refractivity contribution in [2.45, 2.75) is 5.22 Å². The van der Waals surface area contributed by atoms with E-state index in [4.69, 9.17) is 4.42 Å². The standard InChI is InChI=1S/C13H10FN3O4S/c14-9-4-2-1-3-8(9)11-15-16-12(21-11)22-7-10(18)17-5-6-20-13(17)19/h1-4H,5-7H2. The Bertz CT molecular complexity index is 721. The van der Waals surface area contributed by atoms with Crippen molar-refractivity contribution in [3.63, 3.8) is 0 Å². The molecule has 0 bridgehead atoms. The lowest BCUT2D eigenvalue weighted by Crippen LogP contribution is -2.32. The molecule has 1 aliphatic rings. The van der Waals surface area contributed by atoms with Crippen LogP contribution in [0.15, 0.2) is 33.9 Å². The number of cyclic esters (lactones) is 1. The second kappa shape index (κ2) is 6.14. The monoisotopic (exact) mass is 323 g/mol. The first-order chi connectivity index (χ1) is 10.6. The third-order valence-electron chi connectivity index (χ3n) is 2.89. The lowest BCUT2D eigenvalue weighted by atomic mass is 10.2. The largest absolute Gasteiger partial charge is 0.447 e. The number of benzene rings is 1. The van der Waals surface area contributed by atoms with Crippen LogP contribution < -0.4 is 0 Å². The number of thioether (sulfide) groups is 1. The lowest BCUT2D eigenvalue weighted by Gasteiger charge is -2.08. The molecule has 1 aromatic heterocycles. The van der Waals surface area contributed by atoms with Gasteiger partial charge in [-0.2, -0.15) is 0 Å². The second-order valence-electron chi connectivity index (χ2n) is 4.30. The summed E-state index contributed by atoms with van der Waals surface area (Å²) in [5, 5.41) is 7.61. The number of carbonyl (C=O) groups is 2. The quantitative estimate of drug-likeness (QED) is 0.795. The first kappa shape index (κ1) is 14.5. The van der Waals surface area contributed by atoms with E-state index in [-0.39, 0.29) is 35.6 Å². The molecule has 114 valence electrons. The third kappa shape index (κ3) is 2.93. The summed E-state index contributed by atoms with van der Waals surface area (Å²) in [6.07, 6.45) is -0.650. The van der Waals surface area contributed by atoms with Crippen molar-refractivity contribution in [3.8, 4) is 11.5 Å². The number of imide groups is 1. The van der Waals surface area contributed by atoms with Gasteiger partial charge in [0.25, 0.3) is 11.1 Å². The zero-order valence-electron chi connectivity index (χ0n) is 11.2. The Balaban J connectivity index is 1.64. The van der Waals surface area contributed by atoms with E-state index in [1.807, 2.05) is 0 Å². The highest BCUT2D eigenvalue weighted by atomic mass is 32.2. The molecular weight excluding hydrogens is 313 g/mol. The van der Waals surface area contributed by atoms with Gasteiger partial charge >= 0.3 is 6.09 Å². The zero-order valence-corrected chi connectivity index (χ0v) is 12.0. The fourth-order valence-electron chi connectivity index (χ4n) is 1.83. The van der Waals surface area contributed by atoms with E-state index < -0.39 is 17.8 Å². The lowest BCUT2D eigenvalue weighted by molar-refractivity contribution is -0.125. The van der Waals surface area contributed by atoms with Gasteiger partial charge in [0.2, 0.25) is 5.91 Å². The second-order valence-corrected chi connectivity index (χ2v) is 5.23. The summed E-state index contributed by atoms with van der Waals surface area (Å²) < 4.78 is 23.6. The van der Waals surface area contributed by atoms with E-state index in [1.54, 1.807) is 12.1 Å². The normalized spacial score (nSPS) is 14.2. The molecule has 1 aromatic carbocycles. The Labute approximate surface area is 128 Å². The van der Waals surface area contributed by atoms with Crippen molar-refractivity contribution in [3.05, 3.63) is 30.1 Å². The summed E-state index contributed by atoms with van der Waals surface area (Å²) in [5.41, 5.74) is 0.191. The summed E-state index contributed by atoms with van der Waals surface area (Å²) in [7, 11) is 0. The molecule has 7 nitrogen and oxygen atoms in total. The van der Waals surface area contributed by atoms with Gasteiger partial charge in [-0.15, -0.1) is 10.2 Å². The SMILES string of the molecule is O=C(CSc1nnc(-c2ccccc2F)o1)N1CCOC1=O. The molecule has 1 saturated heterocycles. The number of hydrogen-bond donors (Lipinski definition) is 0. The summed E-state index contributed by atoms with van der Waals surface area (Å²) in [6.45, 7) is 0.440. The molecule has 2 heterocycles. The zero-order chi connectivity index (χ0) is 15.5. The molecule has 0 N–H and O–H groups in total. The van der Waals surface area contributed by atoms with Gasteiger partial charge in [-0.25, -0.2) is 14.1 Å². The summed E-state index contributed by atoms with van der Waals surface area (Å²) >= 11 is 0.977. The molecule has 3 rings (SSSR count). The average molecular weight is 323 g/mol. The highest BCUT2D eigenvalue weighted by molar-refractivity contribution is 7.99. The maximum Gasteiger partial charge on any atom is 0.416 e. The molecule has 0 saturated carbocycles. The Kier molecular flexibility index (Phi) is 4.05. The van der Waals surface area contributed by atoms with Gasteiger partial charge in [0.15, 0.2) is 0 Å². The maximum absolute atomic E-state index is 13.6. The third-order valence-corrected chi connectivity index (χ3v) is 3.69. The Morgan fingerprint density at radius 1 is 1.36 bits per heavy atom. The number of rotatable bonds is 4. The average Bonchev–Trinajstić information content (AvgIpc) is 3.14. The first-order valence-electron chi connectivity index (χ1n) is 6.33. The molecule has 2 amide bonds. The van der Waals surface area contributed by atoms with E-state index in [2.05, 4.69) is 14.9 Å². The fourth-order valence-corrected chi connectivity index (χ4v) is 2.47. The van der Waals surface area contributed by atoms with Crippen LogP contribution in [0.5, 0.6) is 0 Å². The highest BCUT2D eigenvalue weighted by Crippen LogP contribution is 2.25. The predicted molar refractivity (Wildman–Crippen MR) is 73.5 cm³/mol. The minimum Gasteiger partial charge on any atom is -0.447 e. The molecule has 2 aromatic rings. The van der Waals surface area contributed by atoms with Crippen LogP contribution in [0, 0.1) is 5.82 Å². The number of nitrogens with zero attached hydrogens (tertiary/aromatic N) is 3. The van der Waals surface area contributed by atoms with Crippen molar-refractivity contribution in [2.75, 3.05) is 18.9 Å². The van der Waals surface area contributed by atoms with Crippen LogP contribution in [0.1, 0.15) is 0 Å². The number of halogens is 1. The molecule has 0 radical (unpaired) electrons. The van der Waals surface area contributed by atoms with Crippen molar-refractivity contribution < 1.29 is 23.1 Å². The predicted octanol–water partition coefficient (Wildman–Crippen LogP) is 1.95. The van der Waals surface area contributed by atoms with Crippen molar-refractivity contribution in [1.29, 1.82) is 0 Å². The summed E-state index contributed by atoms with van der Waals surface area (Å²) in [5.74, 6) is -0.890. The van der Waals surface area contributed by atoms with Gasteiger partial charge in [0.05, 0.1) is 17.9 Å². The Morgan fingerprint density at radius 2 is 2.18 bits per heavy atom. The summed E-state index contributed by atoms with van der Waals surface area (Å²) in [4.78, 5) is 24.1. The van der Waals surface area contributed by atoms with E-state index in [1.165, 1.54) is 12.1 Å². The number of amides is 2. The Morgan fingerprint density at radius 3 is 2.91 bits per heavy atom. The fraction of sp³-hybridized carbons (Fsp3) is 0.231. The molecular formula is C13H10FN3O4S. The smallest absolute Gasteiger partial charge is 0.416 e. The van der Waals surface area contributed by atoms with Crippen LogP contribution in [0.3, 0.4) is 0 Å². The van der Waals surface area contributed by atoms with E-state index in [0.29, 0.717) is 0 Å². The molecule has 1 fully saturated rings. The molecule has 9 heteroatoms. The van der Waals surface area contributed by atoms with E-state index in [0.717, 1.165) is 16.7 Å². The van der Waals surface area contributed by atoms with Crippen LogP contribution in [-0.4, -0.2) is 46.0 Å². The molecule has 0 atom stereocenters. The van der Waals surface area contributed by atoms with Crippen LogP contribution in [-0.2, 0) is 9.53 Å². The van der Waals surface area contributed by atoms with Crippen molar-refractivity contribution >= 4 is 23.8 Å². The van der Waals surface area contributed by atoms with Crippen LogP contribution in [0.4, 0.5) is 9.18 Å². The van der Waals surface area contributed by atoms with Gasteiger partial charge in [0.1, 0.15) is 12.4 Å². The van der Waals surface area contributed by atoms with Crippen molar-refractivity contribution in [1.82, 2.24) is 15.1 Å². The molecule has 22 heavy (non-hydrogen) atoms. The number of hydrogen-bond acceptors (Lipinski definition) is 7. The Hall–Kier alpha value is -2.42. The van der Waals surface area contributed by atoms with Gasteiger partial charge in [0, 0.05) is 0 Å². The maximum atomic E-state index is 13.6. The molecule has 0 spiro atoms. The van der Waals surface area contributed by atoms with Gasteiger partial charge in [-0.05, 0) is 12.1 Å². The molecule has 0 aliphatic carbocycles. The highest BCUT2D eigenvalue weighted by Gasteiger charge is 2.28. The van der Waals surface area contributed by atoms with Crippen molar-refractivity contribution in [2.24, 2.45) is 0 Å². The van der Waals surface area contributed by atoms with Gasteiger partial charge < -0.3 is 9.15 Å². The van der Waals surface area contributed by atoms with Crippen LogP contribution in [0.2, 0.25) is 0 Å². The minimum atomic E-state index is -0.650. The number of aromatic nitrogens is 2. The summed E-state index contributed by atoms with van der Waals surface area (Å²) in [6, 6.07) is 6.01. The molecule has 0 unspecified atom stereocenters. The first-order valence-corrected chi connectivity index (χ1v) is 7.32.